The van der Waals surface area contributed by atoms with Crippen LogP contribution in [-0.2, 0) is 0 Å². The summed E-state index contributed by atoms with van der Waals surface area (Å²) in [4.78, 5) is 14.3. The number of carboxylic acid groups (broad SMARTS) is 1. The average molecular weight is 238 g/mol. The maximum absolute atomic E-state index is 13.5. The van der Waals surface area contributed by atoms with Crippen LogP contribution >= 0.6 is 0 Å². The van der Waals surface area contributed by atoms with Gasteiger partial charge < -0.3 is 10.0 Å². The summed E-state index contributed by atoms with van der Waals surface area (Å²) in [5.74, 6) is -0.946. The number of piperazine rings is 1. The fourth-order valence-electron chi connectivity index (χ4n) is 1.88. The molecule has 0 radical (unpaired) electrons. The van der Waals surface area contributed by atoms with E-state index < -0.39 is 12.3 Å². The zero-order chi connectivity index (χ0) is 12.4. The van der Waals surface area contributed by atoms with E-state index in [0.717, 1.165) is 12.2 Å². The number of anilines is 1. The van der Waals surface area contributed by atoms with Gasteiger partial charge in [-0.3, -0.25) is 4.90 Å². The Morgan fingerprint density at radius 1 is 1.35 bits per heavy atom. The fourth-order valence-corrected chi connectivity index (χ4v) is 1.88. The molecule has 1 aromatic carbocycles. The van der Waals surface area contributed by atoms with Crippen molar-refractivity contribution in [2.24, 2.45) is 0 Å². The summed E-state index contributed by atoms with van der Waals surface area (Å²) in [5.41, 5.74) is 1.12. The number of carbonyl (C=O) groups is 1. The van der Waals surface area contributed by atoms with Gasteiger partial charge in [0.2, 0.25) is 0 Å². The second-order valence-corrected chi connectivity index (χ2v) is 4.21. The number of hydrogen-bond acceptors (Lipinski definition) is 3. The van der Waals surface area contributed by atoms with E-state index in [-0.39, 0.29) is 5.56 Å². The first-order valence-electron chi connectivity index (χ1n) is 5.50. The van der Waals surface area contributed by atoms with Crippen molar-refractivity contribution in [3.05, 3.63) is 29.8 Å². The van der Waals surface area contributed by atoms with Crippen molar-refractivity contribution in [1.29, 1.82) is 0 Å². The fraction of sp³-hybridized carbons (Fsp3) is 0.417. The van der Waals surface area contributed by atoms with Crippen molar-refractivity contribution in [3.8, 4) is 0 Å². The van der Waals surface area contributed by atoms with E-state index in [9.17, 15) is 9.18 Å². The molecule has 2 rings (SSSR count). The van der Waals surface area contributed by atoms with Gasteiger partial charge in [-0.1, -0.05) is 0 Å². The van der Waals surface area contributed by atoms with Gasteiger partial charge >= 0.3 is 5.97 Å². The highest BCUT2D eigenvalue weighted by molar-refractivity contribution is 5.88. The maximum Gasteiger partial charge on any atom is 0.335 e. The molecule has 0 aromatic heterocycles. The highest BCUT2D eigenvalue weighted by Gasteiger charge is 2.23. The van der Waals surface area contributed by atoms with Gasteiger partial charge in [0, 0.05) is 18.8 Å². The van der Waals surface area contributed by atoms with Crippen LogP contribution in [0.15, 0.2) is 24.3 Å². The standard InChI is InChI=1S/C12H15FN2O2/c1-14-6-7-15(8-11(14)13)10-4-2-9(3-5-10)12(16)17/h2-5,11H,6-8H2,1H3,(H,16,17). The van der Waals surface area contributed by atoms with Crippen LogP contribution in [0.5, 0.6) is 0 Å². The van der Waals surface area contributed by atoms with Gasteiger partial charge in [0.1, 0.15) is 0 Å². The Kier molecular flexibility index (Phi) is 3.28. The van der Waals surface area contributed by atoms with Crippen molar-refractivity contribution in [2.75, 3.05) is 31.6 Å². The Morgan fingerprint density at radius 2 is 2.00 bits per heavy atom. The smallest absolute Gasteiger partial charge is 0.335 e. The monoisotopic (exact) mass is 238 g/mol. The molecule has 1 N–H and O–H groups in total. The van der Waals surface area contributed by atoms with Crippen molar-refractivity contribution in [1.82, 2.24) is 4.90 Å². The number of alkyl halides is 1. The number of nitrogens with zero attached hydrogens (tertiary/aromatic N) is 2. The van der Waals surface area contributed by atoms with E-state index in [1.54, 1.807) is 36.2 Å². The van der Waals surface area contributed by atoms with Gasteiger partial charge in [0.15, 0.2) is 6.30 Å². The summed E-state index contributed by atoms with van der Waals surface area (Å²) in [7, 11) is 1.76. The molecule has 1 aromatic rings. The average Bonchev–Trinajstić information content (AvgIpc) is 2.33. The summed E-state index contributed by atoms with van der Waals surface area (Å²) in [5, 5.41) is 8.78. The molecule has 0 aliphatic carbocycles. The predicted molar refractivity (Wildman–Crippen MR) is 63.1 cm³/mol. The van der Waals surface area contributed by atoms with Crippen LogP contribution in [-0.4, -0.2) is 49.0 Å². The summed E-state index contributed by atoms with van der Waals surface area (Å²) >= 11 is 0. The van der Waals surface area contributed by atoms with E-state index in [4.69, 9.17) is 5.11 Å². The third-order valence-electron chi connectivity index (χ3n) is 3.05. The second-order valence-electron chi connectivity index (χ2n) is 4.21. The van der Waals surface area contributed by atoms with E-state index in [0.29, 0.717) is 13.1 Å². The third-order valence-corrected chi connectivity index (χ3v) is 3.05. The minimum Gasteiger partial charge on any atom is -0.478 e. The molecule has 0 spiro atoms. The van der Waals surface area contributed by atoms with Crippen LogP contribution in [0.4, 0.5) is 10.1 Å². The van der Waals surface area contributed by atoms with Crippen LogP contribution in [0, 0.1) is 0 Å². The summed E-state index contributed by atoms with van der Waals surface area (Å²) in [6, 6.07) is 6.54. The van der Waals surface area contributed by atoms with Gasteiger partial charge in [-0.15, -0.1) is 0 Å². The van der Waals surface area contributed by atoms with Crippen LogP contribution < -0.4 is 4.90 Å². The zero-order valence-corrected chi connectivity index (χ0v) is 9.64. The quantitative estimate of drug-likeness (QED) is 0.792. The highest BCUT2D eigenvalue weighted by atomic mass is 19.1. The van der Waals surface area contributed by atoms with Crippen LogP contribution in [0.1, 0.15) is 10.4 Å². The van der Waals surface area contributed by atoms with E-state index in [2.05, 4.69) is 0 Å². The number of likely N-dealkylation sites (N-methyl/N-ethyl adjacent to an activating group) is 1. The van der Waals surface area contributed by atoms with Crippen molar-refractivity contribution >= 4 is 11.7 Å². The number of rotatable bonds is 2. The maximum atomic E-state index is 13.5. The topological polar surface area (TPSA) is 43.8 Å². The van der Waals surface area contributed by atoms with Gasteiger partial charge in [-0.25, -0.2) is 9.18 Å². The summed E-state index contributed by atoms with van der Waals surface area (Å²) in [6.45, 7) is 1.74. The summed E-state index contributed by atoms with van der Waals surface area (Å²) in [6.07, 6.45) is -0.970. The Labute approximate surface area is 99.3 Å². The zero-order valence-electron chi connectivity index (χ0n) is 9.64. The predicted octanol–water partition coefficient (Wildman–Crippen LogP) is 1.43. The molecule has 1 unspecified atom stereocenters. The SMILES string of the molecule is CN1CCN(c2ccc(C(=O)O)cc2)CC1F. The number of halogens is 1. The molecule has 1 aliphatic rings. The van der Waals surface area contributed by atoms with Crippen LogP contribution in [0.2, 0.25) is 0 Å². The molecule has 17 heavy (non-hydrogen) atoms. The Morgan fingerprint density at radius 3 is 2.53 bits per heavy atom. The molecular formula is C12H15FN2O2. The number of aromatic carboxylic acids is 1. The molecule has 0 saturated carbocycles. The van der Waals surface area contributed by atoms with Crippen molar-refractivity contribution < 1.29 is 14.3 Å². The largest absolute Gasteiger partial charge is 0.478 e. The minimum absolute atomic E-state index is 0.250. The molecule has 0 amide bonds. The van der Waals surface area contributed by atoms with E-state index in [1.807, 2.05) is 4.90 Å². The minimum atomic E-state index is -0.970. The highest BCUT2D eigenvalue weighted by Crippen LogP contribution is 2.19. The molecule has 1 fully saturated rings. The third kappa shape index (κ3) is 2.55. The van der Waals surface area contributed by atoms with Crippen LogP contribution in [0.25, 0.3) is 0 Å². The molecule has 1 heterocycles. The van der Waals surface area contributed by atoms with Gasteiger partial charge in [-0.05, 0) is 31.3 Å². The van der Waals surface area contributed by atoms with Gasteiger partial charge in [0.25, 0.3) is 0 Å². The van der Waals surface area contributed by atoms with E-state index >= 15 is 0 Å². The molecule has 1 atom stereocenters. The van der Waals surface area contributed by atoms with Gasteiger partial charge in [-0.2, -0.15) is 0 Å². The lowest BCUT2D eigenvalue weighted by Crippen LogP contribution is -2.49. The summed E-state index contributed by atoms with van der Waals surface area (Å²) < 4.78 is 13.5. The van der Waals surface area contributed by atoms with Crippen molar-refractivity contribution in [2.45, 2.75) is 6.30 Å². The molecule has 0 bridgehead atoms. The molecule has 5 heteroatoms. The number of carboxylic acids is 1. The molecule has 1 aliphatic heterocycles. The lowest BCUT2D eigenvalue weighted by atomic mass is 10.2. The second kappa shape index (κ2) is 4.71. The first kappa shape index (κ1) is 11.9. The first-order valence-corrected chi connectivity index (χ1v) is 5.50. The number of hydrogen-bond donors (Lipinski definition) is 1. The molecule has 92 valence electrons. The molecular weight excluding hydrogens is 223 g/mol. The van der Waals surface area contributed by atoms with Crippen LogP contribution in [0.3, 0.4) is 0 Å². The lowest BCUT2D eigenvalue weighted by molar-refractivity contribution is 0.0697. The Hall–Kier alpha value is -1.62. The first-order chi connectivity index (χ1) is 8.08. The van der Waals surface area contributed by atoms with Gasteiger partial charge in [0.05, 0.1) is 12.1 Å². The lowest BCUT2D eigenvalue weighted by Gasteiger charge is -2.36. The Balaban J connectivity index is 2.10. The number of benzene rings is 1. The normalized spacial score (nSPS) is 21.5. The molecule has 4 nitrogen and oxygen atoms in total. The van der Waals surface area contributed by atoms with Crippen molar-refractivity contribution in [3.63, 3.8) is 0 Å². The Bertz CT molecular complexity index is 407. The molecule has 1 saturated heterocycles. The van der Waals surface area contributed by atoms with E-state index in [1.165, 1.54) is 0 Å².